The lowest BCUT2D eigenvalue weighted by Gasteiger charge is -2.10. The van der Waals surface area contributed by atoms with Crippen molar-refractivity contribution in [2.45, 2.75) is 11.3 Å². The van der Waals surface area contributed by atoms with Crippen LogP contribution in [0.2, 0.25) is 5.02 Å². The smallest absolute Gasteiger partial charge is 0.258 e. The first-order chi connectivity index (χ1) is 13.8. The van der Waals surface area contributed by atoms with E-state index < -0.39 is 21.7 Å². The van der Waals surface area contributed by atoms with Crippen LogP contribution in [0, 0.1) is 5.82 Å². The number of anilines is 1. The lowest BCUT2D eigenvalue weighted by Crippen LogP contribution is -2.26. The van der Waals surface area contributed by atoms with Crippen LogP contribution in [0.1, 0.15) is 15.9 Å². The topological polar surface area (TPSA) is 75.3 Å². The molecular formula is C21H18ClFN2O3S. The summed E-state index contributed by atoms with van der Waals surface area (Å²) in [5, 5.41) is 2.91. The molecule has 8 heteroatoms. The van der Waals surface area contributed by atoms with E-state index in [0.717, 1.165) is 23.8 Å². The molecule has 1 amide bonds. The maximum absolute atomic E-state index is 14.2. The number of carbonyl (C=O) groups excluding carboxylic acids is 1. The van der Waals surface area contributed by atoms with Crippen molar-refractivity contribution in [3.8, 4) is 0 Å². The lowest BCUT2D eigenvalue weighted by molar-refractivity contribution is 0.102. The van der Waals surface area contributed by atoms with E-state index >= 15 is 0 Å². The van der Waals surface area contributed by atoms with Gasteiger partial charge in [0, 0.05) is 17.3 Å². The Morgan fingerprint density at radius 3 is 2.45 bits per heavy atom. The number of rotatable bonds is 7. The fraction of sp³-hybridized carbons (Fsp3) is 0.0952. The summed E-state index contributed by atoms with van der Waals surface area (Å²) in [6, 6.07) is 18.9. The molecule has 0 unspecified atom stereocenters. The Morgan fingerprint density at radius 2 is 1.72 bits per heavy atom. The fourth-order valence-corrected chi connectivity index (χ4v) is 3.92. The molecule has 0 spiro atoms. The number of nitrogens with one attached hydrogen (secondary N) is 2. The molecule has 0 heterocycles. The second kappa shape index (κ2) is 9.17. The van der Waals surface area contributed by atoms with Gasteiger partial charge in [-0.15, -0.1) is 0 Å². The summed E-state index contributed by atoms with van der Waals surface area (Å²) >= 11 is 5.87. The van der Waals surface area contributed by atoms with E-state index in [1.807, 2.05) is 30.3 Å². The number of carbonyl (C=O) groups is 1. The molecule has 3 rings (SSSR count). The van der Waals surface area contributed by atoms with Crippen molar-refractivity contribution >= 4 is 33.2 Å². The Morgan fingerprint density at radius 1 is 0.966 bits per heavy atom. The first-order valence-electron chi connectivity index (χ1n) is 8.75. The van der Waals surface area contributed by atoms with Gasteiger partial charge < -0.3 is 5.32 Å². The van der Waals surface area contributed by atoms with Crippen LogP contribution in [0.4, 0.5) is 10.1 Å². The highest BCUT2D eigenvalue weighted by Crippen LogP contribution is 2.19. The first-order valence-corrected chi connectivity index (χ1v) is 10.6. The van der Waals surface area contributed by atoms with E-state index in [4.69, 9.17) is 11.6 Å². The standard InChI is InChI=1S/C21H18ClFN2O3S/c22-16-7-4-8-17(13-16)25-21(26)19-14-18(9-10-20(19)23)29(27,28)24-12-11-15-5-2-1-3-6-15/h1-10,13-14,24H,11-12H2,(H,25,26). The van der Waals surface area contributed by atoms with E-state index in [1.54, 1.807) is 18.2 Å². The van der Waals surface area contributed by atoms with Crippen LogP contribution in [-0.4, -0.2) is 20.9 Å². The number of hydrogen-bond acceptors (Lipinski definition) is 3. The molecule has 0 aliphatic rings. The summed E-state index contributed by atoms with van der Waals surface area (Å²) in [5.41, 5.74) is 0.975. The monoisotopic (exact) mass is 432 g/mol. The van der Waals surface area contributed by atoms with Crippen molar-refractivity contribution in [2.24, 2.45) is 0 Å². The van der Waals surface area contributed by atoms with Gasteiger partial charge in [0.05, 0.1) is 10.5 Å². The van der Waals surface area contributed by atoms with Gasteiger partial charge in [0.2, 0.25) is 10.0 Å². The van der Waals surface area contributed by atoms with Gasteiger partial charge in [0.1, 0.15) is 5.82 Å². The molecule has 0 radical (unpaired) electrons. The van der Waals surface area contributed by atoms with E-state index in [0.29, 0.717) is 17.1 Å². The van der Waals surface area contributed by atoms with Crippen molar-refractivity contribution in [2.75, 3.05) is 11.9 Å². The average Bonchev–Trinajstić information content (AvgIpc) is 2.69. The number of sulfonamides is 1. The molecule has 2 N–H and O–H groups in total. The van der Waals surface area contributed by atoms with Gasteiger partial charge in [-0.3, -0.25) is 4.79 Å². The largest absolute Gasteiger partial charge is 0.322 e. The summed E-state index contributed by atoms with van der Waals surface area (Å²) in [7, 11) is -3.90. The maximum Gasteiger partial charge on any atom is 0.258 e. The van der Waals surface area contributed by atoms with Crippen LogP contribution in [0.3, 0.4) is 0 Å². The zero-order chi connectivity index (χ0) is 20.9. The molecule has 0 saturated carbocycles. The number of hydrogen-bond donors (Lipinski definition) is 2. The first kappa shape index (κ1) is 21.0. The molecule has 0 bridgehead atoms. The molecule has 0 aromatic heterocycles. The molecule has 0 aliphatic carbocycles. The van der Waals surface area contributed by atoms with Crippen LogP contribution < -0.4 is 10.0 Å². The van der Waals surface area contributed by atoms with Crippen molar-refractivity contribution in [3.05, 3.63) is 94.8 Å². The van der Waals surface area contributed by atoms with Crippen molar-refractivity contribution in [3.63, 3.8) is 0 Å². The number of amides is 1. The summed E-state index contributed by atoms with van der Waals surface area (Å²) < 4.78 is 41.7. The molecule has 3 aromatic carbocycles. The molecule has 29 heavy (non-hydrogen) atoms. The molecule has 0 saturated heterocycles. The molecule has 3 aromatic rings. The maximum atomic E-state index is 14.2. The average molecular weight is 433 g/mol. The van der Waals surface area contributed by atoms with Crippen LogP contribution in [0.5, 0.6) is 0 Å². The predicted octanol–water partition coefficient (Wildman–Crippen LogP) is 4.25. The van der Waals surface area contributed by atoms with Crippen LogP contribution >= 0.6 is 11.6 Å². The lowest BCUT2D eigenvalue weighted by atomic mass is 10.2. The quantitative estimate of drug-likeness (QED) is 0.586. The third kappa shape index (κ3) is 5.63. The van der Waals surface area contributed by atoms with Crippen LogP contribution in [0.15, 0.2) is 77.7 Å². The number of halogens is 2. The van der Waals surface area contributed by atoms with Gasteiger partial charge in [-0.05, 0) is 48.4 Å². The van der Waals surface area contributed by atoms with Gasteiger partial charge in [0.15, 0.2) is 0 Å². The zero-order valence-electron chi connectivity index (χ0n) is 15.2. The molecule has 0 aliphatic heterocycles. The predicted molar refractivity (Wildman–Crippen MR) is 111 cm³/mol. The molecule has 0 atom stereocenters. The van der Waals surface area contributed by atoms with Gasteiger partial charge in [-0.25, -0.2) is 17.5 Å². The normalized spacial score (nSPS) is 11.2. The summed E-state index contributed by atoms with van der Waals surface area (Å²) in [4.78, 5) is 12.2. The van der Waals surface area contributed by atoms with Crippen molar-refractivity contribution in [1.29, 1.82) is 0 Å². The van der Waals surface area contributed by atoms with Gasteiger partial charge >= 0.3 is 0 Å². The SMILES string of the molecule is O=C(Nc1cccc(Cl)c1)c1cc(S(=O)(=O)NCCc2ccccc2)ccc1F. The van der Waals surface area contributed by atoms with Crippen LogP contribution in [0.25, 0.3) is 0 Å². The molecular weight excluding hydrogens is 415 g/mol. The van der Waals surface area contributed by atoms with Crippen molar-refractivity contribution in [1.82, 2.24) is 4.72 Å². The summed E-state index contributed by atoms with van der Waals surface area (Å²) in [5.74, 6) is -1.60. The zero-order valence-corrected chi connectivity index (χ0v) is 16.8. The fourth-order valence-electron chi connectivity index (χ4n) is 2.67. The van der Waals surface area contributed by atoms with Gasteiger partial charge in [-0.1, -0.05) is 48.0 Å². The highest BCUT2D eigenvalue weighted by Gasteiger charge is 2.19. The minimum atomic E-state index is -3.90. The third-order valence-electron chi connectivity index (χ3n) is 4.12. The Labute approximate surface area is 173 Å². The van der Waals surface area contributed by atoms with E-state index in [2.05, 4.69) is 10.0 Å². The van der Waals surface area contributed by atoms with E-state index in [-0.39, 0.29) is 17.0 Å². The Bertz CT molecular complexity index is 1120. The van der Waals surface area contributed by atoms with Gasteiger partial charge in [-0.2, -0.15) is 0 Å². The van der Waals surface area contributed by atoms with Crippen molar-refractivity contribution < 1.29 is 17.6 Å². The van der Waals surface area contributed by atoms with Crippen LogP contribution in [-0.2, 0) is 16.4 Å². The molecule has 150 valence electrons. The Kier molecular flexibility index (Phi) is 6.64. The minimum Gasteiger partial charge on any atom is -0.322 e. The second-order valence-electron chi connectivity index (χ2n) is 6.24. The highest BCUT2D eigenvalue weighted by atomic mass is 35.5. The van der Waals surface area contributed by atoms with E-state index in [9.17, 15) is 17.6 Å². The Hall–Kier alpha value is -2.74. The van der Waals surface area contributed by atoms with Gasteiger partial charge in [0.25, 0.3) is 5.91 Å². The minimum absolute atomic E-state index is 0.174. The summed E-state index contributed by atoms with van der Waals surface area (Å²) in [6.45, 7) is 0.174. The highest BCUT2D eigenvalue weighted by molar-refractivity contribution is 7.89. The van der Waals surface area contributed by atoms with E-state index in [1.165, 1.54) is 6.07 Å². The second-order valence-corrected chi connectivity index (χ2v) is 8.44. The number of benzene rings is 3. The summed E-state index contributed by atoms with van der Waals surface area (Å²) in [6.07, 6.45) is 0.503. The molecule has 0 fully saturated rings. The molecule has 5 nitrogen and oxygen atoms in total. The third-order valence-corrected chi connectivity index (χ3v) is 5.82. The Balaban J connectivity index is 1.73.